The second-order valence-corrected chi connectivity index (χ2v) is 4.21. The van der Waals surface area contributed by atoms with Gasteiger partial charge in [0.15, 0.2) is 0 Å². The zero-order valence-corrected chi connectivity index (χ0v) is 10.3. The number of rotatable bonds is 4. The lowest BCUT2D eigenvalue weighted by Crippen LogP contribution is -2.14. The number of halogens is 1. The Morgan fingerprint density at radius 2 is 1.84 bits per heavy atom. The summed E-state index contributed by atoms with van der Waals surface area (Å²) in [6.45, 7) is -0.0302. The SMILES string of the molecule is O=C(Cc1cccc(F)c1)Nc1ccc(CO)cc1. The highest BCUT2D eigenvalue weighted by Gasteiger charge is 2.05. The third kappa shape index (κ3) is 3.89. The molecule has 2 N–H and O–H groups in total. The Labute approximate surface area is 110 Å². The molecule has 0 aliphatic rings. The molecule has 0 radical (unpaired) electrons. The fourth-order valence-corrected chi connectivity index (χ4v) is 1.73. The van der Waals surface area contributed by atoms with Crippen LogP contribution >= 0.6 is 0 Å². The second kappa shape index (κ2) is 6.11. The molecule has 0 saturated heterocycles. The maximum Gasteiger partial charge on any atom is 0.228 e. The van der Waals surface area contributed by atoms with Gasteiger partial charge in [0.2, 0.25) is 5.91 Å². The molecule has 0 heterocycles. The van der Waals surface area contributed by atoms with Gasteiger partial charge in [-0.15, -0.1) is 0 Å². The van der Waals surface area contributed by atoms with Gasteiger partial charge >= 0.3 is 0 Å². The van der Waals surface area contributed by atoms with E-state index in [0.717, 1.165) is 5.56 Å². The summed E-state index contributed by atoms with van der Waals surface area (Å²) in [5, 5.41) is 11.6. The van der Waals surface area contributed by atoms with Crippen molar-refractivity contribution in [2.24, 2.45) is 0 Å². The van der Waals surface area contributed by atoms with Crippen LogP contribution < -0.4 is 5.32 Å². The number of anilines is 1. The summed E-state index contributed by atoms with van der Waals surface area (Å²) in [5.74, 6) is -0.556. The molecule has 4 heteroatoms. The van der Waals surface area contributed by atoms with Gasteiger partial charge in [-0.3, -0.25) is 4.79 Å². The summed E-state index contributed by atoms with van der Waals surface area (Å²) in [7, 11) is 0. The molecular formula is C15H14FNO2. The maximum absolute atomic E-state index is 13.0. The smallest absolute Gasteiger partial charge is 0.228 e. The Balaban J connectivity index is 1.97. The standard InChI is InChI=1S/C15H14FNO2/c16-13-3-1-2-12(8-13)9-15(19)17-14-6-4-11(10-18)5-7-14/h1-8,18H,9-10H2,(H,17,19). The fourth-order valence-electron chi connectivity index (χ4n) is 1.73. The molecule has 0 bridgehead atoms. The molecule has 0 saturated carbocycles. The van der Waals surface area contributed by atoms with Gasteiger partial charge in [0.05, 0.1) is 13.0 Å². The van der Waals surface area contributed by atoms with Crippen LogP contribution in [0.25, 0.3) is 0 Å². The van der Waals surface area contributed by atoms with Crippen molar-refractivity contribution < 1.29 is 14.3 Å². The second-order valence-electron chi connectivity index (χ2n) is 4.21. The number of amides is 1. The predicted molar refractivity (Wildman–Crippen MR) is 71.1 cm³/mol. The van der Waals surface area contributed by atoms with Crippen molar-refractivity contribution in [1.29, 1.82) is 0 Å². The maximum atomic E-state index is 13.0. The summed E-state index contributed by atoms with van der Waals surface area (Å²) in [5.41, 5.74) is 2.06. The van der Waals surface area contributed by atoms with Crippen LogP contribution in [0.5, 0.6) is 0 Å². The first-order chi connectivity index (χ1) is 9.17. The van der Waals surface area contributed by atoms with E-state index in [1.165, 1.54) is 12.1 Å². The van der Waals surface area contributed by atoms with Gasteiger partial charge in [0.1, 0.15) is 5.82 Å². The Bertz CT molecular complexity index is 567. The molecule has 0 aliphatic heterocycles. The average molecular weight is 259 g/mol. The summed E-state index contributed by atoms with van der Waals surface area (Å²) >= 11 is 0. The van der Waals surface area contributed by atoms with E-state index in [1.807, 2.05) is 0 Å². The molecule has 0 unspecified atom stereocenters. The first-order valence-electron chi connectivity index (χ1n) is 5.91. The quantitative estimate of drug-likeness (QED) is 0.886. The molecule has 0 aromatic heterocycles. The largest absolute Gasteiger partial charge is 0.392 e. The van der Waals surface area contributed by atoms with Crippen molar-refractivity contribution in [3.63, 3.8) is 0 Å². The van der Waals surface area contributed by atoms with Crippen LogP contribution in [0, 0.1) is 5.82 Å². The van der Waals surface area contributed by atoms with Crippen LogP contribution in [0.2, 0.25) is 0 Å². The molecule has 3 nitrogen and oxygen atoms in total. The Morgan fingerprint density at radius 1 is 1.11 bits per heavy atom. The van der Waals surface area contributed by atoms with Crippen molar-refractivity contribution in [3.05, 3.63) is 65.5 Å². The van der Waals surface area contributed by atoms with Crippen LogP contribution in [-0.4, -0.2) is 11.0 Å². The summed E-state index contributed by atoms with van der Waals surface area (Å²) in [6.07, 6.45) is 0.125. The van der Waals surface area contributed by atoms with E-state index in [4.69, 9.17) is 5.11 Å². The van der Waals surface area contributed by atoms with Crippen LogP contribution in [0.3, 0.4) is 0 Å². The molecular weight excluding hydrogens is 245 g/mol. The van der Waals surface area contributed by atoms with Gasteiger partial charge < -0.3 is 10.4 Å². The van der Waals surface area contributed by atoms with Crippen molar-refractivity contribution in [2.45, 2.75) is 13.0 Å². The van der Waals surface area contributed by atoms with E-state index in [2.05, 4.69) is 5.32 Å². The van der Waals surface area contributed by atoms with Crippen molar-refractivity contribution in [2.75, 3.05) is 5.32 Å². The third-order valence-electron chi connectivity index (χ3n) is 2.67. The minimum absolute atomic E-state index is 0.0302. The van der Waals surface area contributed by atoms with Gasteiger partial charge in [0, 0.05) is 5.69 Å². The van der Waals surface area contributed by atoms with Gasteiger partial charge in [0.25, 0.3) is 0 Å². The number of hydrogen-bond acceptors (Lipinski definition) is 2. The average Bonchev–Trinajstić information content (AvgIpc) is 2.39. The molecule has 1 amide bonds. The predicted octanol–water partition coefficient (Wildman–Crippen LogP) is 2.50. The van der Waals surface area contributed by atoms with E-state index < -0.39 is 0 Å². The van der Waals surface area contributed by atoms with Crippen LogP contribution in [0.4, 0.5) is 10.1 Å². The Kier molecular flexibility index (Phi) is 4.26. The highest BCUT2D eigenvalue weighted by molar-refractivity contribution is 5.92. The number of nitrogens with one attached hydrogen (secondary N) is 1. The van der Waals surface area contributed by atoms with Crippen LogP contribution in [0.15, 0.2) is 48.5 Å². The number of aliphatic hydroxyl groups is 1. The first-order valence-corrected chi connectivity index (χ1v) is 5.91. The van der Waals surface area contributed by atoms with Crippen molar-refractivity contribution >= 4 is 11.6 Å². The zero-order chi connectivity index (χ0) is 13.7. The molecule has 2 aromatic carbocycles. The molecule has 0 aliphatic carbocycles. The summed E-state index contributed by atoms with van der Waals surface area (Å²) in [4.78, 5) is 11.8. The molecule has 0 fully saturated rings. The Morgan fingerprint density at radius 3 is 2.47 bits per heavy atom. The van der Waals surface area contributed by atoms with E-state index >= 15 is 0 Å². The zero-order valence-electron chi connectivity index (χ0n) is 10.3. The number of carbonyl (C=O) groups excluding carboxylic acids is 1. The van der Waals surface area contributed by atoms with E-state index in [0.29, 0.717) is 11.3 Å². The minimum atomic E-state index is -0.349. The van der Waals surface area contributed by atoms with Crippen LogP contribution in [0.1, 0.15) is 11.1 Å². The number of hydrogen-bond donors (Lipinski definition) is 2. The summed E-state index contributed by atoms with van der Waals surface area (Å²) < 4.78 is 13.0. The fraction of sp³-hybridized carbons (Fsp3) is 0.133. The Hall–Kier alpha value is -2.20. The number of carbonyl (C=O) groups is 1. The van der Waals surface area contributed by atoms with Gasteiger partial charge in [-0.2, -0.15) is 0 Å². The van der Waals surface area contributed by atoms with Gasteiger partial charge in [-0.05, 0) is 35.4 Å². The van der Waals surface area contributed by atoms with Gasteiger partial charge in [-0.25, -0.2) is 4.39 Å². The topological polar surface area (TPSA) is 49.3 Å². The van der Waals surface area contributed by atoms with E-state index in [1.54, 1.807) is 36.4 Å². The third-order valence-corrected chi connectivity index (χ3v) is 2.67. The molecule has 0 atom stereocenters. The highest BCUT2D eigenvalue weighted by Crippen LogP contribution is 2.11. The lowest BCUT2D eigenvalue weighted by atomic mass is 10.1. The van der Waals surface area contributed by atoms with Crippen molar-refractivity contribution in [3.8, 4) is 0 Å². The first kappa shape index (κ1) is 13.2. The lowest BCUT2D eigenvalue weighted by Gasteiger charge is -2.06. The molecule has 2 aromatic rings. The number of aliphatic hydroxyl groups excluding tert-OH is 1. The van der Waals surface area contributed by atoms with Crippen LogP contribution in [-0.2, 0) is 17.8 Å². The van der Waals surface area contributed by atoms with Gasteiger partial charge in [-0.1, -0.05) is 24.3 Å². The monoisotopic (exact) mass is 259 g/mol. The molecule has 98 valence electrons. The molecule has 0 spiro atoms. The normalized spacial score (nSPS) is 10.2. The highest BCUT2D eigenvalue weighted by atomic mass is 19.1. The van der Waals surface area contributed by atoms with E-state index in [9.17, 15) is 9.18 Å². The molecule has 2 rings (SSSR count). The summed E-state index contributed by atoms with van der Waals surface area (Å²) in [6, 6.07) is 12.9. The lowest BCUT2D eigenvalue weighted by molar-refractivity contribution is -0.115. The molecule has 19 heavy (non-hydrogen) atoms. The van der Waals surface area contributed by atoms with Crippen molar-refractivity contribution in [1.82, 2.24) is 0 Å². The number of benzene rings is 2. The minimum Gasteiger partial charge on any atom is -0.392 e. The van der Waals surface area contributed by atoms with E-state index in [-0.39, 0.29) is 24.8 Å².